The van der Waals surface area contributed by atoms with Crippen molar-refractivity contribution >= 4 is 16.0 Å². The molecule has 0 amide bonds. The summed E-state index contributed by atoms with van der Waals surface area (Å²) in [6.07, 6.45) is 2.72. The zero-order chi connectivity index (χ0) is 16.9. The van der Waals surface area contributed by atoms with Gasteiger partial charge in [-0.3, -0.25) is 4.79 Å². The standard InChI is InChI=1S/C14H17N3O5S/c1-22-13-6-3-2-5-12(13)17-10-11(9-15-17)23(20,21)16-8-4-7-14(18)19/h2-3,5-6,9-10,16H,4,7-8H2,1H3,(H,18,19). The maximum absolute atomic E-state index is 12.1. The minimum atomic E-state index is -3.73. The Morgan fingerprint density at radius 1 is 1.39 bits per heavy atom. The lowest BCUT2D eigenvalue weighted by atomic mass is 10.3. The van der Waals surface area contributed by atoms with Gasteiger partial charge in [0.05, 0.1) is 19.5 Å². The normalized spacial score (nSPS) is 11.3. The monoisotopic (exact) mass is 339 g/mol. The highest BCUT2D eigenvalue weighted by Crippen LogP contribution is 2.22. The molecule has 0 aliphatic rings. The number of carbonyl (C=O) groups is 1. The summed E-state index contributed by atoms with van der Waals surface area (Å²) >= 11 is 0. The fourth-order valence-corrected chi connectivity index (χ4v) is 2.93. The lowest BCUT2D eigenvalue weighted by molar-refractivity contribution is -0.137. The van der Waals surface area contributed by atoms with E-state index in [9.17, 15) is 13.2 Å². The van der Waals surface area contributed by atoms with Crippen LogP contribution in [-0.4, -0.2) is 42.9 Å². The van der Waals surface area contributed by atoms with Crippen molar-refractivity contribution in [2.24, 2.45) is 0 Å². The fourth-order valence-electron chi connectivity index (χ4n) is 1.93. The van der Waals surface area contributed by atoms with E-state index >= 15 is 0 Å². The van der Waals surface area contributed by atoms with Gasteiger partial charge in [0.15, 0.2) is 0 Å². The van der Waals surface area contributed by atoms with Gasteiger partial charge in [-0.25, -0.2) is 17.8 Å². The van der Waals surface area contributed by atoms with Gasteiger partial charge in [-0.05, 0) is 18.6 Å². The van der Waals surface area contributed by atoms with Gasteiger partial charge in [0.1, 0.15) is 16.3 Å². The summed E-state index contributed by atoms with van der Waals surface area (Å²) in [6.45, 7) is 0.0501. The van der Waals surface area contributed by atoms with Crippen LogP contribution in [0.25, 0.3) is 5.69 Å². The Kier molecular flexibility index (Phi) is 5.35. The fraction of sp³-hybridized carbons (Fsp3) is 0.286. The topological polar surface area (TPSA) is 111 Å². The summed E-state index contributed by atoms with van der Waals surface area (Å²) in [5, 5.41) is 12.6. The number of para-hydroxylation sites is 2. The number of aliphatic carboxylic acids is 1. The Morgan fingerprint density at radius 3 is 2.83 bits per heavy atom. The molecule has 0 radical (unpaired) electrons. The summed E-state index contributed by atoms with van der Waals surface area (Å²) < 4.78 is 33.2. The van der Waals surface area contributed by atoms with Crippen LogP contribution in [0.2, 0.25) is 0 Å². The molecule has 0 aliphatic carbocycles. The van der Waals surface area contributed by atoms with Crippen molar-refractivity contribution in [3.05, 3.63) is 36.7 Å². The molecule has 0 aliphatic heterocycles. The van der Waals surface area contributed by atoms with Crippen molar-refractivity contribution in [2.75, 3.05) is 13.7 Å². The van der Waals surface area contributed by atoms with Crippen LogP contribution < -0.4 is 9.46 Å². The summed E-state index contributed by atoms with van der Waals surface area (Å²) in [5.74, 6) is -0.401. The minimum Gasteiger partial charge on any atom is -0.494 e. The highest BCUT2D eigenvalue weighted by molar-refractivity contribution is 7.89. The van der Waals surface area contributed by atoms with E-state index in [1.807, 2.05) is 0 Å². The van der Waals surface area contributed by atoms with Crippen molar-refractivity contribution in [1.29, 1.82) is 0 Å². The first-order valence-corrected chi connectivity index (χ1v) is 8.32. The molecular weight excluding hydrogens is 322 g/mol. The number of benzene rings is 1. The molecule has 0 atom stereocenters. The van der Waals surface area contributed by atoms with E-state index in [-0.39, 0.29) is 24.3 Å². The second-order valence-corrected chi connectivity index (χ2v) is 6.45. The first-order valence-electron chi connectivity index (χ1n) is 6.83. The molecule has 1 aromatic carbocycles. The Labute approximate surface area is 133 Å². The molecule has 2 aromatic rings. The average molecular weight is 339 g/mol. The van der Waals surface area contributed by atoms with Crippen LogP contribution in [-0.2, 0) is 14.8 Å². The highest BCUT2D eigenvalue weighted by Gasteiger charge is 2.17. The molecule has 0 bridgehead atoms. The van der Waals surface area contributed by atoms with E-state index < -0.39 is 16.0 Å². The zero-order valence-corrected chi connectivity index (χ0v) is 13.3. The van der Waals surface area contributed by atoms with Gasteiger partial charge in [-0.2, -0.15) is 5.10 Å². The van der Waals surface area contributed by atoms with Gasteiger partial charge >= 0.3 is 5.97 Å². The first-order chi connectivity index (χ1) is 10.9. The summed E-state index contributed by atoms with van der Waals surface area (Å²) in [4.78, 5) is 10.4. The Balaban J connectivity index is 2.13. The third-order valence-electron chi connectivity index (χ3n) is 3.06. The minimum absolute atomic E-state index is 0.00117. The molecule has 2 rings (SSSR count). The zero-order valence-electron chi connectivity index (χ0n) is 12.5. The molecule has 23 heavy (non-hydrogen) atoms. The number of methoxy groups -OCH3 is 1. The van der Waals surface area contributed by atoms with E-state index in [2.05, 4.69) is 9.82 Å². The maximum Gasteiger partial charge on any atom is 0.303 e. The Bertz CT molecular complexity index is 785. The predicted octanol–water partition coefficient (Wildman–Crippen LogP) is 1.02. The molecule has 2 N–H and O–H groups in total. The van der Waals surface area contributed by atoms with Crippen molar-refractivity contribution in [1.82, 2.24) is 14.5 Å². The van der Waals surface area contributed by atoms with Crippen LogP contribution in [0.5, 0.6) is 5.75 Å². The molecule has 0 saturated carbocycles. The molecule has 1 heterocycles. The van der Waals surface area contributed by atoms with Gasteiger partial charge in [-0.15, -0.1) is 0 Å². The molecule has 9 heteroatoms. The molecule has 1 aromatic heterocycles. The largest absolute Gasteiger partial charge is 0.494 e. The smallest absolute Gasteiger partial charge is 0.303 e. The number of nitrogens with zero attached hydrogens (tertiary/aromatic N) is 2. The lowest BCUT2D eigenvalue weighted by Crippen LogP contribution is -2.24. The van der Waals surface area contributed by atoms with Crippen LogP contribution in [0.3, 0.4) is 0 Å². The number of hydrogen-bond acceptors (Lipinski definition) is 5. The highest BCUT2D eigenvalue weighted by atomic mass is 32.2. The van der Waals surface area contributed by atoms with Gasteiger partial charge in [0.25, 0.3) is 0 Å². The molecule has 8 nitrogen and oxygen atoms in total. The third-order valence-corrected chi connectivity index (χ3v) is 4.48. The SMILES string of the molecule is COc1ccccc1-n1cc(S(=O)(=O)NCCCC(=O)O)cn1. The van der Waals surface area contributed by atoms with Gasteiger partial charge < -0.3 is 9.84 Å². The number of aromatic nitrogens is 2. The van der Waals surface area contributed by atoms with Crippen molar-refractivity contribution in [3.63, 3.8) is 0 Å². The Morgan fingerprint density at radius 2 is 2.13 bits per heavy atom. The van der Waals surface area contributed by atoms with E-state index in [0.29, 0.717) is 11.4 Å². The van der Waals surface area contributed by atoms with E-state index in [4.69, 9.17) is 9.84 Å². The molecule has 0 fully saturated rings. The molecule has 124 valence electrons. The predicted molar refractivity (Wildman–Crippen MR) is 82.2 cm³/mol. The number of carboxylic acids is 1. The van der Waals surface area contributed by atoms with Crippen molar-refractivity contribution < 1.29 is 23.1 Å². The summed E-state index contributed by atoms with van der Waals surface area (Å²) in [6, 6.07) is 7.09. The summed E-state index contributed by atoms with van der Waals surface area (Å²) in [5.41, 5.74) is 0.613. The number of carboxylic acid groups (broad SMARTS) is 1. The lowest BCUT2D eigenvalue weighted by Gasteiger charge is -2.07. The van der Waals surface area contributed by atoms with Gasteiger partial charge in [0.2, 0.25) is 10.0 Å². The van der Waals surface area contributed by atoms with E-state index in [1.165, 1.54) is 24.2 Å². The summed E-state index contributed by atoms with van der Waals surface area (Å²) in [7, 11) is -2.21. The molecule has 0 unspecified atom stereocenters. The maximum atomic E-state index is 12.1. The Hall–Kier alpha value is -2.39. The molecular formula is C14H17N3O5S. The number of nitrogens with one attached hydrogen (secondary N) is 1. The van der Waals surface area contributed by atoms with Gasteiger partial charge in [0, 0.05) is 13.0 Å². The second-order valence-electron chi connectivity index (χ2n) is 4.69. The number of hydrogen-bond donors (Lipinski definition) is 2. The van der Waals surface area contributed by atoms with Crippen molar-refractivity contribution in [2.45, 2.75) is 17.7 Å². The van der Waals surface area contributed by atoms with E-state index in [1.54, 1.807) is 24.3 Å². The average Bonchev–Trinajstić information content (AvgIpc) is 3.02. The van der Waals surface area contributed by atoms with Crippen LogP contribution in [0.4, 0.5) is 0 Å². The van der Waals surface area contributed by atoms with Gasteiger partial charge in [-0.1, -0.05) is 12.1 Å². The quantitative estimate of drug-likeness (QED) is 0.695. The third kappa shape index (κ3) is 4.30. The first kappa shape index (κ1) is 17.0. The second kappa shape index (κ2) is 7.25. The van der Waals surface area contributed by atoms with Crippen LogP contribution in [0.15, 0.2) is 41.6 Å². The molecule has 0 saturated heterocycles. The number of rotatable bonds is 8. The van der Waals surface area contributed by atoms with Crippen molar-refractivity contribution in [3.8, 4) is 11.4 Å². The number of sulfonamides is 1. The number of ether oxygens (including phenoxy) is 1. The van der Waals surface area contributed by atoms with Crippen LogP contribution >= 0.6 is 0 Å². The van der Waals surface area contributed by atoms with Crippen LogP contribution in [0, 0.1) is 0 Å². The molecule has 0 spiro atoms. The van der Waals surface area contributed by atoms with E-state index in [0.717, 1.165) is 0 Å². The van der Waals surface area contributed by atoms with Crippen LogP contribution in [0.1, 0.15) is 12.8 Å².